The number of hydrogen-bond acceptors (Lipinski definition) is 4. The zero-order valence-corrected chi connectivity index (χ0v) is 12.3. The van der Waals surface area contributed by atoms with Gasteiger partial charge < -0.3 is 14.6 Å². The molecule has 0 aliphatic heterocycles. The van der Waals surface area contributed by atoms with Gasteiger partial charge in [0.25, 0.3) is 0 Å². The van der Waals surface area contributed by atoms with Crippen LogP contribution in [0.4, 0.5) is 0 Å². The van der Waals surface area contributed by atoms with E-state index in [1.165, 1.54) is 12.8 Å². The highest BCUT2D eigenvalue weighted by Gasteiger charge is 2.09. The number of unbranched alkanes of at least 4 members (excludes halogenated alkanes) is 3. The number of rotatable bonds is 12. The van der Waals surface area contributed by atoms with Gasteiger partial charge in [-0.25, -0.2) is 4.79 Å². The van der Waals surface area contributed by atoms with Crippen molar-refractivity contribution in [2.45, 2.75) is 52.4 Å². The van der Waals surface area contributed by atoms with E-state index in [-0.39, 0.29) is 25.8 Å². The monoisotopic (exact) mass is 272 g/mol. The SMILES string of the molecule is CCC=C(CCCCCC)C(=O)OCCOCCO. The number of ether oxygens (including phenoxy) is 2. The van der Waals surface area contributed by atoms with E-state index in [0.717, 1.165) is 31.3 Å². The molecule has 4 heteroatoms. The van der Waals surface area contributed by atoms with Crippen molar-refractivity contribution in [3.63, 3.8) is 0 Å². The van der Waals surface area contributed by atoms with Crippen molar-refractivity contribution in [1.29, 1.82) is 0 Å². The Labute approximate surface area is 116 Å². The van der Waals surface area contributed by atoms with Gasteiger partial charge >= 0.3 is 5.97 Å². The molecule has 0 bridgehead atoms. The summed E-state index contributed by atoms with van der Waals surface area (Å²) in [6.45, 7) is 5.04. The minimum Gasteiger partial charge on any atom is -0.460 e. The largest absolute Gasteiger partial charge is 0.460 e. The summed E-state index contributed by atoms with van der Waals surface area (Å²) in [6, 6.07) is 0. The molecule has 0 spiro atoms. The molecule has 0 heterocycles. The van der Waals surface area contributed by atoms with Crippen LogP contribution in [0.3, 0.4) is 0 Å². The van der Waals surface area contributed by atoms with Gasteiger partial charge in [0.1, 0.15) is 6.61 Å². The Morgan fingerprint density at radius 2 is 1.89 bits per heavy atom. The zero-order chi connectivity index (χ0) is 14.3. The second-order valence-electron chi connectivity index (χ2n) is 4.42. The van der Waals surface area contributed by atoms with E-state index >= 15 is 0 Å². The highest BCUT2D eigenvalue weighted by molar-refractivity contribution is 5.88. The predicted molar refractivity (Wildman–Crippen MR) is 76.0 cm³/mol. The van der Waals surface area contributed by atoms with E-state index in [1.54, 1.807) is 0 Å². The zero-order valence-electron chi connectivity index (χ0n) is 12.3. The summed E-state index contributed by atoms with van der Waals surface area (Å²) < 4.78 is 10.2. The number of carbonyl (C=O) groups is 1. The molecule has 0 radical (unpaired) electrons. The van der Waals surface area contributed by atoms with Crippen molar-refractivity contribution in [3.05, 3.63) is 11.6 Å². The second-order valence-corrected chi connectivity index (χ2v) is 4.42. The smallest absolute Gasteiger partial charge is 0.333 e. The number of esters is 1. The van der Waals surface area contributed by atoms with Crippen LogP contribution in [0.25, 0.3) is 0 Å². The lowest BCUT2D eigenvalue weighted by atomic mass is 10.1. The van der Waals surface area contributed by atoms with E-state index in [1.807, 2.05) is 13.0 Å². The molecule has 0 aromatic heterocycles. The highest BCUT2D eigenvalue weighted by Crippen LogP contribution is 2.12. The quantitative estimate of drug-likeness (QED) is 0.337. The van der Waals surface area contributed by atoms with Crippen LogP contribution in [0.5, 0.6) is 0 Å². The van der Waals surface area contributed by atoms with Crippen molar-refractivity contribution in [1.82, 2.24) is 0 Å². The van der Waals surface area contributed by atoms with Crippen molar-refractivity contribution >= 4 is 5.97 Å². The van der Waals surface area contributed by atoms with Crippen LogP contribution in [0.1, 0.15) is 52.4 Å². The summed E-state index contributed by atoms with van der Waals surface area (Å²) in [6.07, 6.45) is 8.19. The first-order chi connectivity index (χ1) is 9.26. The van der Waals surface area contributed by atoms with Crippen LogP contribution < -0.4 is 0 Å². The molecule has 0 amide bonds. The van der Waals surface area contributed by atoms with E-state index in [4.69, 9.17) is 14.6 Å². The molecule has 0 fully saturated rings. The molecule has 0 saturated carbocycles. The van der Waals surface area contributed by atoms with Gasteiger partial charge in [0.2, 0.25) is 0 Å². The van der Waals surface area contributed by atoms with E-state index in [0.29, 0.717) is 6.61 Å². The average molecular weight is 272 g/mol. The molecule has 112 valence electrons. The number of carbonyl (C=O) groups excluding carboxylic acids is 1. The van der Waals surface area contributed by atoms with Crippen LogP contribution in [0.15, 0.2) is 11.6 Å². The Kier molecular flexibility index (Phi) is 12.9. The lowest BCUT2D eigenvalue weighted by Gasteiger charge is -2.08. The fourth-order valence-electron chi connectivity index (χ4n) is 1.73. The van der Waals surface area contributed by atoms with Gasteiger partial charge in [-0.3, -0.25) is 0 Å². The maximum absolute atomic E-state index is 11.8. The number of aliphatic hydroxyl groups is 1. The predicted octanol–water partition coefficient (Wildman–Crippen LogP) is 2.85. The molecular formula is C15H28O4. The first-order valence-corrected chi connectivity index (χ1v) is 7.31. The molecule has 0 rings (SSSR count). The second kappa shape index (κ2) is 13.6. The lowest BCUT2D eigenvalue weighted by molar-refractivity contribution is -0.140. The molecular weight excluding hydrogens is 244 g/mol. The Morgan fingerprint density at radius 1 is 1.11 bits per heavy atom. The maximum Gasteiger partial charge on any atom is 0.333 e. The third-order valence-electron chi connectivity index (χ3n) is 2.71. The fourth-order valence-corrected chi connectivity index (χ4v) is 1.73. The summed E-state index contributed by atoms with van der Waals surface area (Å²) in [4.78, 5) is 11.8. The molecule has 0 aromatic rings. The molecule has 0 atom stereocenters. The Hall–Kier alpha value is -0.870. The Morgan fingerprint density at radius 3 is 2.53 bits per heavy atom. The van der Waals surface area contributed by atoms with Gasteiger partial charge in [-0.2, -0.15) is 0 Å². The maximum atomic E-state index is 11.8. The minimum absolute atomic E-state index is 0.00758. The minimum atomic E-state index is -0.231. The average Bonchev–Trinajstić information content (AvgIpc) is 2.42. The first kappa shape index (κ1) is 18.1. The van der Waals surface area contributed by atoms with Gasteiger partial charge in [-0.15, -0.1) is 0 Å². The lowest BCUT2D eigenvalue weighted by Crippen LogP contribution is -2.14. The topological polar surface area (TPSA) is 55.8 Å². The Balaban J connectivity index is 3.88. The van der Waals surface area contributed by atoms with Gasteiger partial charge in [0, 0.05) is 5.57 Å². The molecule has 1 N–H and O–H groups in total. The summed E-state index contributed by atoms with van der Waals surface area (Å²) in [5.74, 6) is -0.231. The van der Waals surface area contributed by atoms with Crippen molar-refractivity contribution in [3.8, 4) is 0 Å². The fraction of sp³-hybridized carbons (Fsp3) is 0.800. The van der Waals surface area contributed by atoms with Gasteiger partial charge in [0.15, 0.2) is 0 Å². The van der Waals surface area contributed by atoms with E-state index < -0.39 is 0 Å². The van der Waals surface area contributed by atoms with E-state index in [2.05, 4.69) is 6.92 Å². The van der Waals surface area contributed by atoms with E-state index in [9.17, 15) is 4.79 Å². The van der Waals surface area contributed by atoms with Crippen molar-refractivity contribution in [2.24, 2.45) is 0 Å². The molecule has 0 aromatic carbocycles. The van der Waals surface area contributed by atoms with Crippen LogP contribution in [-0.2, 0) is 14.3 Å². The van der Waals surface area contributed by atoms with Crippen LogP contribution >= 0.6 is 0 Å². The van der Waals surface area contributed by atoms with Crippen LogP contribution in [-0.4, -0.2) is 37.5 Å². The van der Waals surface area contributed by atoms with Crippen molar-refractivity contribution < 1.29 is 19.4 Å². The van der Waals surface area contributed by atoms with Gasteiger partial charge in [0.05, 0.1) is 19.8 Å². The summed E-state index contributed by atoms with van der Waals surface area (Å²) >= 11 is 0. The summed E-state index contributed by atoms with van der Waals surface area (Å²) in [5.41, 5.74) is 0.778. The summed E-state index contributed by atoms with van der Waals surface area (Å²) in [5, 5.41) is 8.53. The number of allylic oxidation sites excluding steroid dienone is 1. The highest BCUT2D eigenvalue weighted by atomic mass is 16.6. The summed E-state index contributed by atoms with van der Waals surface area (Å²) in [7, 11) is 0. The molecule has 19 heavy (non-hydrogen) atoms. The van der Waals surface area contributed by atoms with Gasteiger partial charge in [-0.1, -0.05) is 39.2 Å². The standard InChI is InChI=1S/C15H28O4/c1-3-5-6-7-9-14(8-4-2)15(17)19-13-12-18-11-10-16/h8,16H,3-7,9-13H2,1-2H3. The molecule has 0 aliphatic rings. The molecule has 0 unspecified atom stereocenters. The number of aliphatic hydroxyl groups excluding tert-OH is 1. The molecule has 0 saturated heterocycles. The Bertz CT molecular complexity index is 249. The molecule has 4 nitrogen and oxygen atoms in total. The van der Waals surface area contributed by atoms with Crippen LogP contribution in [0.2, 0.25) is 0 Å². The normalized spacial score (nSPS) is 11.6. The third-order valence-corrected chi connectivity index (χ3v) is 2.71. The van der Waals surface area contributed by atoms with Crippen molar-refractivity contribution in [2.75, 3.05) is 26.4 Å². The van der Waals surface area contributed by atoms with Gasteiger partial charge in [-0.05, 0) is 19.3 Å². The molecule has 0 aliphatic carbocycles. The third kappa shape index (κ3) is 10.7. The first-order valence-electron chi connectivity index (χ1n) is 7.31. The number of hydrogen-bond donors (Lipinski definition) is 1. The van der Waals surface area contributed by atoms with Crippen LogP contribution in [0, 0.1) is 0 Å².